The summed E-state index contributed by atoms with van der Waals surface area (Å²) in [6.07, 6.45) is 0.791. The Morgan fingerprint density at radius 3 is 2.66 bits per heavy atom. The Labute approximate surface area is 187 Å². The van der Waals surface area contributed by atoms with E-state index in [9.17, 15) is 23.5 Å². The number of ether oxygens (including phenoxy) is 1. The number of carbonyl (C=O) groups excluding carboxylic acids is 2. The Hall–Kier alpha value is -3.52. The van der Waals surface area contributed by atoms with E-state index in [-0.39, 0.29) is 16.8 Å². The molecule has 1 fully saturated rings. The normalized spacial score (nSPS) is 17.7. The number of rotatable bonds is 6. The van der Waals surface area contributed by atoms with E-state index in [1.807, 2.05) is 6.92 Å². The lowest BCUT2D eigenvalue weighted by Gasteiger charge is -2.24. The van der Waals surface area contributed by atoms with Crippen LogP contribution in [0.15, 0.2) is 65.6 Å². The minimum atomic E-state index is -1.11. The van der Waals surface area contributed by atoms with Crippen molar-refractivity contribution < 1.29 is 28.2 Å². The molecule has 5 nitrogen and oxygen atoms in total. The Morgan fingerprint density at radius 2 is 1.94 bits per heavy atom. The maximum Gasteiger partial charge on any atom is 0.300 e. The molecule has 1 aliphatic rings. The minimum absolute atomic E-state index is 0.200. The summed E-state index contributed by atoms with van der Waals surface area (Å²) in [5.74, 6) is -3.56. The molecule has 4 rings (SSSR count). The number of hydrogen-bond donors (Lipinski definition) is 1. The van der Waals surface area contributed by atoms with Gasteiger partial charge in [-0.25, -0.2) is 8.78 Å². The fourth-order valence-corrected chi connectivity index (χ4v) is 4.40. The van der Waals surface area contributed by atoms with E-state index in [1.165, 1.54) is 11.3 Å². The lowest BCUT2D eigenvalue weighted by Crippen LogP contribution is -2.30. The maximum absolute atomic E-state index is 14.6. The van der Waals surface area contributed by atoms with Crippen molar-refractivity contribution in [3.05, 3.63) is 87.6 Å². The van der Waals surface area contributed by atoms with Crippen molar-refractivity contribution in [3.8, 4) is 5.75 Å². The van der Waals surface area contributed by atoms with Crippen LogP contribution < -0.4 is 9.64 Å². The van der Waals surface area contributed by atoms with Gasteiger partial charge in [0.05, 0.1) is 17.9 Å². The fourth-order valence-electron chi connectivity index (χ4n) is 3.58. The average molecular weight is 455 g/mol. The second kappa shape index (κ2) is 8.92. The zero-order valence-corrected chi connectivity index (χ0v) is 17.9. The molecule has 1 N–H and O–H groups in total. The van der Waals surface area contributed by atoms with Crippen molar-refractivity contribution in [2.24, 2.45) is 0 Å². The summed E-state index contributed by atoms with van der Waals surface area (Å²) in [6.45, 7) is 2.43. The molecule has 8 heteroatoms. The van der Waals surface area contributed by atoms with Crippen LogP contribution in [0.5, 0.6) is 5.75 Å². The predicted molar refractivity (Wildman–Crippen MR) is 118 cm³/mol. The first kappa shape index (κ1) is 21.7. The molecule has 164 valence electrons. The molecule has 2 heterocycles. The highest BCUT2D eigenvalue weighted by Gasteiger charge is 2.48. The molecule has 1 aromatic heterocycles. The van der Waals surface area contributed by atoms with E-state index in [4.69, 9.17) is 4.74 Å². The number of aliphatic hydroxyl groups is 1. The summed E-state index contributed by atoms with van der Waals surface area (Å²) in [4.78, 5) is 27.4. The third-order valence-corrected chi connectivity index (χ3v) is 5.93. The fraction of sp³-hybridized carbons (Fsp3) is 0.167. The van der Waals surface area contributed by atoms with Crippen LogP contribution in [0, 0.1) is 11.6 Å². The van der Waals surface area contributed by atoms with Gasteiger partial charge in [-0.15, -0.1) is 11.3 Å². The van der Waals surface area contributed by atoms with Crippen LogP contribution in [0.25, 0.3) is 5.76 Å². The van der Waals surface area contributed by atoms with Crippen molar-refractivity contribution >= 4 is 34.5 Å². The van der Waals surface area contributed by atoms with Crippen molar-refractivity contribution in [1.29, 1.82) is 0 Å². The van der Waals surface area contributed by atoms with Crippen molar-refractivity contribution in [3.63, 3.8) is 0 Å². The van der Waals surface area contributed by atoms with E-state index in [1.54, 1.807) is 41.8 Å². The Morgan fingerprint density at radius 1 is 1.12 bits per heavy atom. The molecule has 1 saturated heterocycles. The van der Waals surface area contributed by atoms with Gasteiger partial charge in [-0.2, -0.15) is 0 Å². The summed E-state index contributed by atoms with van der Waals surface area (Å²) >= 11 is 1.23. The molecule has 0 aliphatic carbocycles. The third-order valence-electron chi connectivity index (χ3n) is 5.01. The molecular weight excluding hydrogens is 436 g/mol. The van der Waals surface area contributed by atoms with E-state index >= 15 is 0 Å². The largest absolute Gasteiger partial charge is 0.507 e. The number of nitrogens with zero attached hydrogens (tertiary/aromatic N) is 1. The van der Waals surface area contributed by atoms with Gasteiger partial charge in [0.1, 0.15) is 29.2 Å². The topological polar surface area (TPSA) is 66.8 Å². The second-order valence-electron chi connectivity index (χ2n) is 7.16. The van der Waals surface area contributed by atoms with Crippen LogP contribution in [-0.2, 0) is 9.59 Å². The van der Waals surface area contributed by atoms with Gasteiger partial charge < -0.3 is 9.84 Å². The van der Waals surface area contributed by atoms with Crippen LogP contribution in [0.1, 0.15) is 29.8 Å². The first-order valence-corrected chi connectivity index (χ1v) is 10.8. The second-order valence-corrected chi connectivity index (χ2v) is 8.14. The Bertz CT molecular complexity index is 1210. The van der Waals surface area contributed by atoms with Crippen LogP contribution >= 0.6 is 11.3 Å². The van der Waals surface area contributed by atoms with E-state index < -0.39 is 35.1 Å². The molecule has 2 aromatic carbocycles. The van der Waals surface area contributed by atoms with Crippen molar-refractivity contribution in [2.75, 3.05) is 11.5 Å². The number of ketones is 1. The Kier molecular flexibility index (Phi) is 6.05. The predicted octanol–water partition coefficient (Wildman–Crippen LogP) is 5.44. The van der Waals surface area contributed by atoms with Gasteiger partial charge in [-0.1, -0.05) is 25.1 Å². The molecule has 0 saturated carbocycles. The maximum atomic E-state index is 14.6. The summed E-state index contributed by atoms with van der Waals surface area (Å²) in [7, 11) is 0. The number of anilines is 1. The van der Waals surface area contributed by atoms with Gasteiger partial charge in [0.2, 0.25) is 0 Å². The minimum Gasteiger partial charge on any atom is -0.507 e. The van der Waals surface area contributed by atoms with Gasteiger partial charge in [0, 0.05) is 16.5 Å². The van der Waals surface area contributed by atoms with Crippen LogP contribution in [0.4, 0.5) is 14.5 Å². The zero-order valence-electron chi connectivity index (χ0n) is 17.0. The SMILES string of the molecule is CCCOc1cccc(/C(O)=C2/C(=O)C(=O)N(c3cc(F)ccc3F)C2c2cccs2)c1. The van der Waals surface area contributed by atoms with Gasteiger partial charge in [0.15, 0.2) is 0 Å². The molecule has 0 bridgehead atoms. The number of carbonyl (C=O) groups is 2. The summed E-state index contributed by atoms with van der Waals surface area (Å²) in [5.41, 5.74) is -0.295. The first-order chi connectivity index (χ1) is 15.4. The lowest BCUT2D eigenvalue weighted by molar-refractivity contribution is -0.132. The summed E-state index contributed by atoms with van der Waals surface area (Å²) in [5, 5.41) is 12.8. The van der Waals surface area contributed by atoms with Crippen LogP contribution in [-0.4, -0.2) is 23.4 Å². The first-order valence-electron chi connectivity index (χ1n) is 9.95. The smallest absolute Gasteiger partial charge is 0.300 e. The molecule has 0 radical (unpaired) electrons. The number of amides is 1. The Balaban J connectivity index is 1.88. The summed E-state index contributed by atoms with van der Waals surface area (Å²) in [6, 6.07) is 11.5. The molecule has 0 spiro atoms. The van der Waals surface area contributed by atoms with Crippen molar-refractivity contribution in [2.45, 2.75) is 19.4 Å². The number of halogens is 2. The monoisotopic (exact) mass is 455 g/mol. The molecule has 32 heavy (non-hydrogen) atoms. The molecular formula is C24H19F2NO4S. The number of aliphatic hydroxyl groups excluding tert-OH is 1. The van der Waals surface area contributed by atoms with Gasteiger partial charge in [-0.05, 0) is 42.1 Å². The number of benzene rings is 2. The number of thiophene rings is 1. The number of hydrogen-bond acceptors (Lipinski definition) is 5. The quantitative estimate of drug-likeness (QED) is 0.305. The molecule has 1 aliphatic heterocycles. The number of Topliss-reactive ketones (excluding diaryl/α,β-unsaturated/α-hetero) is 1. The van der Waals surface area contributed by atoms with Gasteiger partial charge in [-0.3, -0.25) is 14.5 Å². The average Bonchev–Trinajstić information content (AvgIpc) is 3.41. The standard InChI is InChI=1S/C24H19F2NO4S/c1-2-10-31-16-6-3-5-14(12-16)22(28)20-21(19-7-4-11-32-19)27(24(30)23(20)29)18-13-15(25)8-9-17(18)26/h3-9,11-13,21,28H,2,10H2,1H3/b22-20-. The molecule has 3 aromatic rings. The van der Waals surface area contributed by atoms with Crippen LogP contribution in [0.3, 0.4) is 0 Å². The third kappa shape index (κ3) is 3.89. The lowest BCUT2D eigenvalue weighted by atomic mass is 9.99. The van der Waals surface area contributed by atoms with Gasteiger partial charge in [0.25, 0.3) is 11.7 Å². The van der Waals surface area contributed by atoms with Crippen molar-refractivity contribution in [1.82, 2.24) is 0 Å². The highest BCUT2D eigenvalue weighted by Crippen LogP contribution is 2.44. The van der Waals surface area contributed by atoms with E-state index in [0.29, 0.717) is 17.2 Å². The highest BCUT2D eigenvalue weighted by atomic mass is 32.1. The van der Waals surface area contributed by atoms with Crippen LogP contribution in [0.2, 0.25) is 0 Å². The molecule has 1 atom stereocenters. The van der Waals surface area contributed by atoms with Gasteiger partial charge >= 0.3 is 0 Å². The highest BCUT2D eigenvalue weighted by molar-refractivity contribution is 7.10. The molecule has 1 amide bonds. The zero-order chi connectivity index (χ0) is 22.8. The van der Waals surface area contributed by atoms with E-state index in [2.05, 4.69) is 0 Å². The van der Waals surface area contributed by atoms with E-state index in [0.717, 1.165) is 29.5 Å². The summed E-state index contributed by atoms with van der Waals surface area (Å²) < 4.78 is 34.1. The molecule has 1 unspecified atom stereocenters.